The van der Waals surface area contributed by atoms with Gasteiger partial charge in [0.1, 0.15) is 19.8 Å². The molecule has 314 valence electrons. The van der Waals surface area contributed by atoms with Crippen LogP contribution in [0.2, 0.25) is 0 Å². The van der Waals surface area contributed by atoms with Crippen LogP contribution < -0.4 is 0 Å². The molecule has 15 nitrogen and oxygen atoms in total. The molecular weight excluding hydrogens is 756 g/mol. The fraction of sp³-hybridized carbons (Fsp3) is 0.442. The highest BCUT2D eigenvalue weighted by atomic mass is 17.2. The van der Waals surface area contributed by atoms with Gasteiger partial charge < -0.3 is 14.2 Å². The van der Waals surface area contributed by atoms with E-state index in [0.717, 1.165) is 74.5 Å². The molecule has 0 atom stereocenters. The van der Waals surface area contributed by atoms with E-state index in [-0.39, 0.29) is 23.1 Å². The van der Waals surface area contributed by atoms with Crippen LogP contribution in [0.25, 0.3) is 0 Å². The van der Waals surface area contributed by atoms with Gasteiger partial charge in [-0.25, -0.2) is 43.7 Å². The molecule has 0 amide bonds. The standard InChI is InChI=1S/C43H52O15/c1-5-9-12-31-15-21-34(22-16-31)37(44)53-56-40(47)50-28-43(27-8-4,29-51-41(48)57-54-38(45)35-23-17-32(18-24-35)13-10-6-2)30-52-42(49)58-55-39(46)36-25-19-33(20-26-36)14-11-7-3/h15-26H,5-14,27-30H2,1-4H3. The number of ether oxygens (including phenoxy) is 3. The average Bonchev–Trinajstić information content (AvgIpc) is 3.25. The Balaban J connectivity index is 1.61. The number of benzene rings is 3. The van der Waals surface area contributed by atoms with Crippen molar-refractivity contribution in [2.24, 2.45) is 5.41 Å². The van der Waals surface area contributed by atoms with Gasteiger partial charge in [0.25, 0.3) is 0 Å². The maximum atomic E-state index is 12.5. The molecule has 0 bridgehead atoms. The Morgan fingerprint density at radius 1 is 0.397 bits per heavy atom. The summed E-state index contributed by atoms with van der Waals surface area (Å²) in [5, 5.41) is 0. The predicted molar refractivity (Wildman–Crippen MR) is 206 cm³/mol. The van der Waals surface area contributed by atoms with E-state index < -0.39 is 61.6 Å². The molecule has 0 unspecified atom stereocenters. The zero-order valence-electron chi connectivity index (χ0n) is 33.5. The average molecular weight is 809 g/mol. The summed E-state index contributed by atoms with van der Waals surface area (Å²) in [6.07, 6.45) is 4.65. The van der Waals surface area contributed by atoms with Crippen LogP contribution in [0.5, 0.6) is 0 Å². The number of unbranched alkanes of at least 4 members (excludes halogenated alkanes) is 3. The van der Waals surface area contributed by atoms with E-state index >= 15 is 0 Å². The minimum absolute atomic E-state index is 0.0827. The van der Waals surface area contributed by atoms with Gasteiger partial charge in [0.15, 0.2) is 0 Å². The summed E-state index contributed by atoms with van der Waals surface area (Å²) < 4.78 is 15.5. The van der Waals surface area contributed by atoms with Gasteiger partial charge in [-0.1, -0.05) is 89.8 Å². The third kappa shape index (κ3) is 16.5. The quantitative estimate of drug-likeness (QED) is 0.0454. The lowest BCUT2D eigenvalue weighted by molar-refractivity contribution is -0.217. The number of carbonyl (C=O) groups is 6. The molecule has 15 heteroatoms. The first-order chi connectivity index (χ1) is 28.0. The van der Waals surface area contributed by atoms with E-state index in [1.54, 1.807) is 43.3 Å². The largest absolute Gasteiger partial charge is 0.549 e. The number of hydrogen-bond acceptors (Lipinski definition) is 15. The van der Waals surface area contributed by atoms with E-state index in [2.05, 4.69) is 50.1 Å². The lowest BCUT2D eigenvalue weighted by Gasteiger charge is -2.30. The highest BCUT2D eigenvalue weighted by Crippen LogP contribution is 2.27. The molecule has 0 saturated carbocycles. The topological polar surface area (TPSA) is 185 Å². The van der Waals surface area contributed by atoms with Gasteiger partial charge in [-0.15, -0.1) is 0 Å². The maximum Gasteiger partial charge on any atom is 0.549 e. The highest BCUT2D eigenvalue weighted by molar-refractivity contribution is 5.90. The summed E-state index contributed by atoms with van der Waals surface area (Å²) in [6.45, 7) is 6.07. The van der Waals surface area contributed by atoms with Crippen molar-refractivity contribution >= 4 is 36.4 Å². The second-order valence-electron chi connectivity index (χ2n) is 13.6. The molecule has 0 spiro atoms. The first-order valence-electron chi connectivity index (χ1n) is 19.4. The van der Waals surface area contributed by atoms with Gasteiger partial charge in [0, 0.05) is 0 Å². The van der Waals surface area contributed by atoms with Gasteiger partial charge in [-0.2, -0.15) is 14.4 Å². The molecule has 3 rings (SSSR count). The van der Waals surface area contributed by atoms with Gasteiger partial charge in [0.2, 0.25) is 0 Å². The van der Waals surface area contributed by atoms with E-state index in [1.807, 2.05) is 0 Å². The fourth-order valence-electron chi connectivity index (χ4n) is 5.51. The summed E-state index contributed by atoms with van der Waals surface area (Å²) in [5.41, 5.74) is 1.96. The zero-order valence-corrected chi connectivity index (χ0v) is 33.5. The normalized spacial score (nSPS) is 10.8. The molecule has 58 heavy (non-hydrogen) atoms. The molecule has 0 heterocycles. The molecular formula is C43H52O15. The molecule has 3 aromatic rings. The van der Waals surface area contributed by atoms with Gasteiger partial charge in [-0.3, -0.25) is 0 Å². The molecule has 0 saturated heterocycles. The lowest BCUT2D eigenvalue weighted by Crippen LogP contribution is -2.40. The van der Waals surface area contributed by atoms with Crippen molar-refractivity contribution in [1.29, 1.82) is 0 Å². The number of aryl methyl sites for hydroxylation is 3. The number of carbonyl (C=O) groups excluding carboxylic acids is 6. The lowest BCUT2D eigenvalue weighted by atomic mass is 9.86. The van der Waals surface area contributed by atoms with Crippen molar-refractivity contribution in [3.8, 4) is 0 Å². The minimum Gasteiger partial charge on any atom is -0.431 e. The Morgan fingerprint density at radius 2 is 0.672 bits per heavy atom. The Hall–Kier alpha value is -6.12. The summed E-state index contributed by atoms with van der Waals surface area (Å²) in [6, 6.07) is 19.8. The van der Waals surface area contributed by atoms with E-state index in [0.29, 0.717) is 6.42 Å². The third-order valence-electron chi connectivity index (χ3n) is 8.85. The van der Waals surface area contributed by atoms with Crippen LogP contribution in [0.15, 0.2) is 72.8 Å². The van der Waals surface area contributed by atoms with Crippen LogP contribution in [0.3, 0.4) is 0 Å². The van der Waals surface area contributed by atoms with Crippen molar-refractivity contribution < 1.29 is 72.3 Å². The smallest absolute Gasteiger partial charge is 0.431 e. The van der Waals surface area contributed by atoms with E-state index in [1.165, 1.54) is 36.4 Å². The second kappa shape index (κ2) is 25.2. The SMILES string of the molecule is CCCCc1ccc(C(=O)OOC(=O)OCC(CCC)(COC(=O)OOC(=O)c2ccc(CCCC)cc2)COC(=O)OOC(=O)c2ccc(CCCC)cc2)cc1. The molecule has 0 fully saturated rings. The Morgan fingerprint density at radius 3 is 0.914 bits per heavy atom. The molecule has 0 radical (unpaired) electrons. The van der Waals surface area contributed by atoms with Crippen LogP contribution in [-0.2, 0) is 62.8 Å². The number of rotatable bonds is 20. The van der Waals surface area contributed by atoms with Crippen molar-refractivity contribution in [2.45, 2.75) is 98.3 Å². The summed E-state index contributed by atoms with van der Waals surface area (Å²) in [4.78, 5) is 103. The van der Waals surface area contributed by atoms with Gasteiger partial charge in [-0.05, 0) is 98.0 Å². The van der Waals surface area contributed by atoms with Crippen molar-refractivity contribution in [3.63, 3.8) is 0 Å². The Labute approximate surface area is 337 Å². The predicted octanol–water partition coefficient (Wildman–Crippen LogP) is 9.58. The van der Waals surface area contributed by atoms with Crippen molar-refractivity contribution in [2.75, 3.05) is 19.8 Å². The molecule has 0 aromatic heterocycles. The fourth-order valence-corrected chi connectivity index (χ4v) is 5.51. The third-order valence-corrected chi connectivity index (χ3v) is 8.85. The monoisotopic (exact) mass is 808 g/mol. The van der Waals surface area contributed by atoms with E-state index in [9.17, 15) is 28.8 Å². The Bertz CT molecular complexity index is 1550. The maximum absolute atomic E-state index is 12.5. The van der Waals surface area contributed by atoms with Crippen LogP contribution in [-0.4, -0.2) is 56.2 Å². The highest BCUT2D eigenvalue weighted by Gasteiger charge is 2.37. The van der Waals surface area contributed by atoms with Crippen LogP contribution in [0, 0.1) is 5.41 Å². The molecule has 0 N–H and O–H groups in total. The Kier molecular flexibility index (Phi) is 20.1. The van der Waals surface area contributed by atoms with Gasteiger partial charge >= 0.3 is 36.4 Å². The van der Waals surface area contributed by atoms with Crippen LogP contribution in [0.4, 0.5) is 14.4 Å². The molecule has 3 aromatic carbocycles. The molecule has 0 aliphatic rings. The first kappa shape index (κ1) is 46.3. The van der Waals surface area contributed by atoms with E-state index in [4.69, 9.17) is 14.2 Å². The van der Waals surface area contributed by atoms with Gasteiger partial charge in [0.05, 0.1) is 22.1 Å². The molecule has 0 aliphatic carbocycles. The summed E-state index contributed by atoms with van der Waals surface area (Å²) in [5.74, 6) is -2.88. The summed E-state index contributed by atoms with van der Waals surface area (Å²) >= 11 is 0. The van der Waals surface area contributed by atoms with Crippen molar-refractivity contribution in [1.82, 2.24) is 0 Å². The zero-order chi connectivity index (χ0) is 42.2. The number of hydrogen-bond donors (Lipinski definition) is 0. The van der Waals surface area contributed by atoms with Crippen LogP contribution in [0.1, 0.15) is 127 Å². The second-order valence-corrected chi connectivity index (χ2v) is 13.6. The minimum atomic E-state index is -1.50. The van der Waals surface area contributed by atoms with Crippen LogP contribution >= 0.6 is 0 Å². The van der Waals surface area contributed by atoms with Crippen molar-refractivity contribution in [3.05, 3.63) is 106 Å². The molecule has 0 aliphatic heterocycles. The first-order valence-corrected chi connectivity index (χ1v) is 19.4. The summed E-state index contributed by atoms with van der Waals surface area (Å²) in [7, 11) is 0.